The number of alkyl halides is 1. The molecule has 0 heterocycles. The Labute approximate surface area is 266 Å². The van der Waals surface area contributed by atoms with Gasteiger partial charge in [0, 0.05) is 18.0 Å². The molecule has 1 N–H and O–H groups in total. The molecule has 0 spiro atoms. The van der Waals surface area contributed by atoms with Crippen molar-refractivity contribution in [3.8, 4) is 0 Å². The molecule has 4 heteroatoms. The first-order valence-corrected chi connectivity index (χ1v) is 17.5. The average molecular weight is 606 g/mol. The third-order valence-electron chi connectivity index (χ3n) is 14.6. The maximum absolute atomic E-state index is 8.12. The van der Waals surface area contributed by atoms with Crippen molar-refractivity contribution in [2.45, 2.75) is 112 Å². The molecule has 0 radical (unpaired) electrons. The highest BCUT2D eigenvalue weighted by molar-refractivity contribution is 6.18. The van der Waals surface area contributed by atoms with Crippen LogP contribution in [-0.2, 0) is 9.59 Å². The Kier molecular flexibility index (Phi) is 8.83. The van der Waals surface area contributed by atoms with Crippen molar-refractivity contribution in [1.29, 1.82) is 0 Å². The third-order valence-corrected chi connectivity index (χ3v) is 14.8. The normalized spacial score (nSPS) is 42.5. The van der Waals surface area contributed by atoms with Gasteiger partial charge >= 0.3 is 6.15 Å². The van der Waals surface area contributed by atoms with E-state index in [1.54, 1.807) is 5.57 Å². The quantitative estimate of drug-likeness (QED) is 0.268. The molecular weight excluding hydrogens is 550 g/mol. The molecule has 3 nitrogen and oxygen atoms in total. The molecule has 1 aromatic rings. The molecular formula is C39H56ClNO2. The Morgan fingerprint density at radius 1 is 0.930 bits per heavy atom. The first kappa shape index (κ1) is 32.7. The van der Waals surface area contributed by atoms with Gasteiger partial charge in [-0.2, -0.15) is 9.59 Å². The summed E-state index contributed by atoms with van der Waals surface area (Å²) < 4.78 is 0. The van der Waals surface area contributed by atoms with Crippen LogP contribution in [0, 0.1) is 58.2 Å². The predicted molar refractivity (Wildman–Crippen MR) is 178 cm³/mol. The van der Waals surface area contributed by atoms with Crippen molar-refractivity contribution < 1.29 is 9.59 Å². The topological polar surface area (TPSA) is 46.2 Å². The van der Waals surface area contributed by atoms with E-state index in [9.17, 15) is 0 Å². The fourth-order valence-corrected chi connectivity index (χ4v) is 12.7. The number of hydrogen-bond donors (Lipinski definition) is 1. The second-order valence-electron chi connectivity index (χ2n) is 16.5. The van der Waals surface area contributed by atoms with Gasteiger partial charge in [0.1, 0.15) is 0 Å². The van der Waals surface area contributed by atoms with Crippen LogP contribution in [0.1, 0.15) is 110 Å². The molecule has 4 saturated carbocycles. The monoisotopic (exact) mass is 605 g/mol. The minimum Gasteiger partial charge on any atom is -0.310 e. The minimum absolute atomic E-state index is 0.199. The zero-order valence-corrected chi connectivity index (χ0v) is 28.7. The van der Waals surface area contributed by atoms with E-state index < -0.39 is 0 Å². The molecule has 0 aliphatic heterocycles. The molecule has 6 rings (SSSR count). The van der Waals surface area contributed by atoms with E-state index in [4.69, 9.17) is 21.2 Å². The van der Waals surface area contributed by atoms with Crippen LogP contribution in [0.4, 0.5) is 0 Å². The Morgan fingerprint density at radius 3 is 2.23 bits per heavy atom. The summed E-state index contributed by atoms with van der Waals surface area (Å²) in [6.45, 7) is 23.4. The van der Waals surface area contributed by atoms with Gasteiger partial charge in [0.05, 0.1) is 0 Å². The van der Waals surface area contributed by atoms with Crippen LogP contribution in [0.15, 0.2) is 42.5 Å². The van der Waals surface area contributed by atoms with Gasteiger partial charge in [0.2, 0.25) is 0 Å². The molecule has 0 amide bonds. The van der Waals surface area contributed by atoms with E-state index in [1.807, 2.05) is 0 Å². The summed E-state index contributed by atoms with van der Waals surface area (Å²) in [5.74, 6) is 4.40. The molecule has 0 unspecified atom stereocenters. The van der Waals surface area contributed by atoms with Crippen LogP contribution in [0.2, 0.25) is 0 Å². The Bertz CT molecular complexity index is 1280. The maximum Gasteiger partial charge on any atom is 0.373 e. The molecule has 236 valence electrons. The van der Waals surface area contributed by atoms with Crippen molar-refractivity contribution in [2.24, 2.45) is 51.2 Å². The molecule has 5 aliphatic carbocycles. The minimum atomic E-state index is 0.199. The lowest BCUT2D eigenvalue weighted by molar-refractivity contribution is -0.219. The van der Waals surface area contributed by atoms with Gasteiger partial charge in [0.25, 0.3) is 0 Å². The van der Waals surface area contributed by atoms with E-state index in [1.165, 1.54) is 74.5 Å². The first-order valence-electron chi connectivity index (χ1n) is 17.0. The van der Waals surface area contributed by atoms with Crippen LogP contribution in [0.3, 0.4) is 0 Å². The molecule has 4 fully saturated rings. The molecule has 0 aromatic heterocycles. The predicted octanol–water partition coefficient (Wildman–Crippen LogP) is 9.64. The van der Waals surface area contributed by atoms with E-state index in [0.29, 0.717) is 34.0 Å². The second-order valence-corrected chi connectivity index (χ2v) is 16.8. The van der Waals surface area contributed by atoms with Crippen molar-refractivity contribution in [3.63, 3.8) is 0 Å². The molecule has 0 bridgehead atoms. The highest BCUT2D eigenvalue weighted by Gasteiger charge is 2.70. The molecule has 0 saturated heterocycles. The number of fused-ring (bicyclic) bond motifs is 7. The fourth-order valence-electron chi connectivity index (χ4n) is 12.6. The first-order chi connectivity index (χ1) is 20.3. The molecule has 1 aromatic carbocycles. The summed E-state index contributed by atoms with van der Waals surface area (Å²) in [5, 5.41) is 4.07. The standard InChI is InChI=1S/C38H56ClN.CO2/c1-25(2)28-15-20-38(40-24-23-39)22-21-36(7)30(33(28)38)13-14-32-35(6)18-16-29(27-11-9-26(3)10-12-27)34(4,5)31(35)17-19-37(32,36)8;2-1-3/h9-12,16,28,30-33,40H,1,13-15,17-24H2,2-8H3;/t28-,30+,31-,32+,33+,35-,36+,37+,38-;/m0./s1. The number of allylic oxidation sites excluding steroid dienone is 3. The average Bonchev–Trinajstić information content (AvgIpc) is 3.33. The summed E-state index contributed by atoms with van der Waals surface area (Å²) in [6, 6.07) is 9.34. The summed E-state index contributed by atoms with van der Waals surface area (Å²) in [7, 11) is 0. The number of benzene rings is 1. The van der Waals surface area contributed by atoms with Crippen molar-refractivity contribution in [2.75, 3.05) is 12.4 Å². The summed E-state index contributed by atoms with van der Waals surface area (Å²) in [5.41, 5.74) is 7.45. The lowest BCUT2D eigenvalue weighted by Crippen LogP contribution is -2.68. The Balaban J connectivity index is 0.00000118. The van der Waals surface area contributed by atoms with Gasteiger partial charge in [-0.05, 0) is 134 Å². The van der Waals surface area contributed by atoms with Crippen LogP contribution in [-0.4, -0.2) is 24.1 Å². The van der Waals surface area contributed by atoms with E-state index in [0.717, 1.165) is 24.3 Å². The number of nitrogens with one attached hydrogen (secondary N) is 1. The highest BCUT2D eigenvalue weighted by atomic mass is 35.5. The second kappa shape index (κ2) is 11.6. The SMILES string of the molecule is C=C(C)[C@@H]1CC[C@]2(NCCCl)CC[C@]3(C)[C@H](CC[C@@H]4[C@@]5(C)CC=C(c6ccc(C)cc6)C(C)(C)[C@@H]5CC[C@]43C)[C@@H]12.O=C=O. The molecule has 5 aliphatic rings. The van der Waals surface area contributed by atoms with E-state index in [-0.39, 0.29) is 17.1 Å². The van der Waals surface area contributed by atoms with Crippen LogP contribution >= 0.6 is 11.6 Å². The number of hydrogen-bond acceptors (Lipinski definition) is 3. The molecule has 9 atom stereocenters. The van der Waals surface area contributed by atoms with Gasteiger partial charge in [0.15, 0.2) is 0 Å². The van der Waals surface area contributed by atoms with Crippen molar-refractivity contribution in [3.05, 3.63) is 53.6 Å². The van der Waals surface area contributed by atoms with Crippen LogP contribution in [0.25, 0.3) is 5.57 Å². The van der Waals surface area contributed by atoms with Crippen molar-refractivity contribution >= 4 is 23.3 Å². The lowest BCUT2D eigenvalue weighted by Gasteiger charge is -2.72. The van der Waals surface area contributed by atoms with Crippen LogP contribution in [0.5, 0.6) is 0 Å². The number of aryl methyl sites for hydroxylation is 1. The van der Waals surface area contributed by atoms with Gasteiger partial charge in [-0.15, -0.1) is 11.6 Å². The molecule has 43 heavy (non-hydrogen) atoms. The third kappa shape index (κ3) is 4.87. The van der Waals surface area contributed by atoms with E-state index in [2.05, 4.69) is 90.7 Å². The lowest BCUT2D eigenvalue weighted by atomic mass is 9.33. The smallest absolute Gasteiger partial charge is 0.310 e. The summed E-state index contributed by atoms with van der Waals surface area (Å²) in [4.78, 5) is 16.2. The number of carbonyl (C=O) groups excluding carboxylic acids is 2. The van der Waals surface area contributed by atoms with Gasteiger partial charge in [-0.3, -0.25) is 0 Å². The fraction of sp³-hybridized carbons (Fsp3) is 0.718. The Morgan fingerprint density at radius 2 is 1.60 bits per heavy atom. The summed E-state index contributed by atoms with van der Waals surface area (Å²) >= 11 is 6.26. The zero-order valence-electron chi connectivity index (χ0n) is 28.0. The van der Waals surface area contributed by atoms with Crippen molar-refractivity contribution in [1.82, 2.24) is 5.32 Å². The van der Waals surface area contributed by atoms with Gasteiger partial charge < -0.3 is 5.32 Å². The maximum atomic E-state index is 8.12. The number of rotatable bonds is 5. The highest BCUT2D eigenvalue weighted by Crippen LogP contribution is 2.76. The van der Waals surface area contributed by atoms with Crippen LogP contribution < -0.4 is 5.32 Å². The largest absolute Gasteiger partial charge is 0.373 e. The number of halogens is 1. The Hall–Kier alpha value is -1.67. The van der Waals surface area contributed by atoms with E-state index >= 15 is 0 Å². The van der Waals surface area contributed by atoms with Gasteiger partial charge in [-0.25, -0.2) is 0 Å². The zero-order chi connectivity index (χ0) is 31.4. The van der Waals surface area contributed by atoms with Gasteiger partial charge in [-0.1, -0.05) is 82.7 Å². The summed E-state index contributed by atoms with van der Waals surface area (Å²) in [6.07, 6.45) is 15.0.